The van der Waals surface area contributed by atoms with E-state index in [0.29, 0.717) is 16.6 Å². The first-order valence-corrected chi connectivity index (χ1v) is 7.51. The number of thioether (sulfide) groups is 1. The van der Waals surface area contributed by atoms with Gasteiger partial charge in [0.15, 0.2) is 0 Å². The van der Waals surface area contributed by atoms with E-state index < -0.39 is 5.54 Å². The van der Waals surface area contributed by atoms with Gasteiger partial charge in [-0.05, 0) is 39.0 Å². The zero-order chi connectivity index (χ0) is 14.6. The lowest BCUT2D eigenvalue weighted by atomic mass is 10.1. The molecule has 1 aromatic carbocycles. The normalized spacial score (nSPS) is 12.5. The highest BCUT2D eigenvalue weighted by atomic mass is 35.5. The topological polar surface area (TPSA) is 55.1 Å². The second-order valence-electron chi connectivity index (χ2n) is 5.04. The zero-order valence-corrected chi connectivity index (χ0v) is 14.7. The fourth-order valence-corrected chi connectivity index (χ4v) is 2.71. The molecule has 0 saturated heterocycles. The van der Waals surface area contributed by atoms with Crippen molar-refractivity contribution in [3.63, 3.8) is 0 Å². The minimum atomic E-state index is -0.423. The van der Waals surface area contributed by atoms with E-state index in [4.69, 9.17) is 28.9 Å². The number of hydrogen-bond acceptors (Lipinski definition) is 3. The van der Waals surface area contributed by atoms with Gasteiger partial charge in [-0.2, -0.15) is 0 Å². The maximum atomic E-state index is 11.9. The minimum Gasteiger partial charge on any atom is -0.353 e. The number of nitrogens with one attached hydrogen (secondary N) is 1. The molecule has 0 aromatic heterocycles. The van der Waals surface area contributed by atoms with E-state index in [2.05, 4.69) is 5.32 Å². The zero-order valence-electron chi connectivity index (χ0n) is 11.6. The number of carbonyl (C=O) groups excluding carboxylic acids is 1. The first kappa shape index (κ1) is 19.9. The lowest BCUT2D eigenvalue weighted by Gasteiger charge is -2.20. The number of rotatable bonds is 5. The third-order valence-corrected chi connectivity index (χ3v) is 4.12. The van der Waals surface area contributed by atoms with Gasteiger partial charge in [-0.15, -0.1) is 24.2 Å². The van der Waals surface area contributed by atoms with Gasteiger partial charge in [0.05, 0.1) is 10.3 Å². The molecule has 0 radical (unpaired) electrons. The lowest BCUT2D eigenvalue weighted by molar-refractivity contribution is -0.120. The molecule has 7 heteroatoms. The number of amides is 1. The highest BCUT2D eigenvalue weighted by Crippen LogP contribution is 2.32. The van der Waals surface area contributed by atoms with Gasteiger partial charge in [-0.25, -0.2) is 0 Å². The lowest BCUT2D eigenvalue weighted by Crippen LogP contribution is -2.46. The minimum absolute atomic E-state index is 0. The van der Waals surface area contributed by atoms with E-state index in [9.17, 15) is 4.79 Å². The van der Waals surface area contributed by atoms with Crippen LogP contribution in [-0.4, -0.2) is 23.2 Å². The molecular formula is C13H19Cl3N2OS. The molecule has 1 amide bonds. The fraction of sp³-hybridized carbons (Fsp3) is 0.462. The van der Waals surface area contributed by atoms with Crippen molar-refractivity contribution in [3.05, 3.63) is 28.2 Å². The quantitative estimate of drug-likeness (QED) is 0.789. The van der Waals surface area contributed by atoms with Gasteiger partial charge in [0.2, 0.25) is 5.91 Å². The molecule has 0 heterocycles. The van der Waals surface area contributed by atoms with Crippen molar-refractivity contribution in [2.75, 3.05) is 6.54 Å². The summed E-state index contributed by atoms with van der Waals surface area (Å²) in [6, 6.07) is 5.20. The summed E-state index contributed by atoms with van der Waals surface area (Å²) >= 11 is 13.3. The first-order chi connectivity index (χ1) is 8.69. The molecule has 0 aliphatic heterocycles. The molecule has 3 N–H and O–H groups in total. The summed E-state index contributed by atoms with van der Waals surface area (Å²) in [7, 11) is 0. The summed E-state index contributed by atoms with van der Waals surface area (Å²) in [6.07, 6.45) is 0. The highest BCUT2D eigenvalue weighted by molar-refractivity contribution is 8.00. The Kier molecular flexibility index (Phi) is 8.29. The summed E-state index contributed by atoms with van der Waals surface area (Å²) in [6.45, 7) is 5.97. The average molecular weight is 358 g/mol. The van der Waals surface area contributed by atoms with Crippen molar-refractivity contribution in [2.45, 2.75) is 36.5 Å². The smallest absolute Gasteiger partial charge is 0.233 e. The van der Waals surface area contributed by atoms with Crippen LogP contribution >= 0.6 is 47.4 Å². The Hall–Kier alpha value is -0.130. The van der Waals surface area contributed by atoms with Crippen molar-refractivity contribution in [2.24, 2.45) is 5.73 Å². The van der Waals surface area contributed by atoms with Crippen LogP contribution in [0.4, 0.5) is 0 Å². The largest absolute Gasteiger partial charge is 0.353 e. The number of hydrogen-bond donors (Lipinski definition) is 2. The Morgan fingerprint density at radius 1 is 1.45 bits per heavy atom. The van der Waals surface area contributed by atoms with Crippen molar-refractivity contribution in [1.29, 1.82) is 0 Å². The number of benzene rings is 1. The van der Waals surface area contributed by atoms with Gasteiger partial charge in [-0.1, -0.05) is 23.2 Å². The number of carbonyl (C=O) groups is 1. The molecule has 1 unspecified atom stereocenters. The molecule has 3 nitrogen and oxygen atoms in total. The van der Waals surface area contributed by atoms with Gasteiger partial charge in [-0.3, -0.25) is 4.79 Å². The predicted octanol–water partition coefficient (Wildman–Crippen LogP) is 3.75. The van der Waals surface area contributed by atoms with E-state index in [0.717, 1.165) is 4.90 Å². The Bertz CT molecular complexity index is 463. The van der Waals surface area contributed by atoms with Crippen LogP contribution in [0.25, 0.3) is 0 Å². The van der Waals surface area contributed by atoms with E-state index in [1.54, 1.807) is 18.2 Å². The van der Waals surface area contributed by atoms with Crippen LogP contribution in [0.1, 0.15) is 20.8 Å². The van der Waals surface area contributed by atoms with Crippen LogP contribution in [0.2, 0.25) is 10.0 Å². The summed E-state index contributed by atoms with van der Waals surface area (Å²) in [5.74, 6) is -0.0698. The van der Waals surface area contributed by atoms with Gasteiger partial charge in [0.1, 0.15) is 0 Å². The van der Waals surface area contributed by atoms with Crippen LogP contribution in [0.3, 0.4) is 0 Å². The summed E-state index contributed by atoms with van der Waals surface area (Å²) in [5, 5.41) is 3.74. The van der Waals surface area contributed by atoms with Crippen molar-refractivity contribution < 1.29 is 4.79 Å². The first-order valence-electron chi connectivity index (χ1n) is 5.87. The second kappa shape index (κ2) is 8.35. The van der Waals surface area contributed by atoms with Crippen LogP contribution in [0.15, 0.2) is 23.1 Å². The maximum absolute atomic E-state index is 11.9. The second-order valence-corrected chi connectivity index (χ2v) is 7.27. The number of nitrogens with two attached hydrogens (primary N) is 1. The summed E-state index contributed by atoms with van der Waals surface area (Å²) in [4.78, 5) is 12.7. The molecule has 114 valence electrons. The molecule has 1 rings (SSSR count). The van der Waals surface area contributed by atoms with Gasteiger partial charge < -0.3 is 11.1 Å². The Labute approximate surface area is 140 Å². The van der Waals surface area contributed by atoms with E-state index >= 15 is 0 Å². The van der Waals surface area contributed by atoms with Crippen LogP contribution < -0.4 is 11.1 Å². The summed E-state index contributed by atoms with van der Waals surface area (Å²) in [5.41, 5.74) is 5.40. The Morgan fingerprint density at radius 2 is 2.05 bits per heavy atom. The number of halogens is 3. The van der Waals surface area contributed by atoms with Crippen molar-refractivity contribution in [1.82, 2.24) is 5.32 Å². The molecule has 1 aromatic rings. The van der Waals surface area contributed by atoms with Crippen molar-refractivity contribution >= 4 is 53.3 Å². The third kappa shape index (κ3) is 7.04. The molecule has 1 atom stereocenters. The monoisotopic (exact) mass is 356 g/mol. The SMILES string of the molecule is CC(Sc1cc(Cl)ccc1Cl)C(=O)NCC(C)(C)N.Cl. The fourth-order valence-electron chi connectivity index (χ4n) is 1.27. The molecule has 0 aliphatic carbocycles. The summed E-state index contributed by atoms with van der Waals surface area (Å²) < 4.78 is 0. The molecule has 0 saturated carbocycles. The van der Waals surface area contributed by atoms with Crippen LogP contribution in [0, 0.1) is 0 Å². The Balaban J connectivity index is 0.00000361. The molecule has 0 bridgehead atoms. The van der Waals surface area contributed by atoms with E-state index in [1.165, 1.54) is 11.8 Å². The molecule has 0 aliphatic rings. The molecule has 0 fully saturated rings. The van der Waals surface area contributed by atoms with E-state index in [-0.39, 0.29) is 23.6 Å². The molecule has 20 heavy (non-hydrogen) atoms. The predicted molar refractivity (Wildman–Crippen MR) is 90.3 cm³/mol. The van der Waals surface area contributed by atoms with Gasteiger partial charge in [0.25, 0.3) is 0 Å². The van der Waals surface area contributed by atoms with E-state index in [1.807, 2.05) is 20.8 Å². The van der Waals surface area contributed by atoms with Crippen LogP contribution in [0.5, 0.6) is 0 Å². The maximum Gasteiger partial charge on any atom is 0.233 e. The average Bonchev–Trinajstić information content (AvgIpc) is 2.29. The third-order valence-electron chi connectivity index (χ3n) is 2.28. The highest BCUT2D eigenvalue weighted by Gasteiger charge is 2.18. The van der Waals surface area contributed by atoms with Gasteiger partial charge in [0, 0.05) is 22.0 Å². The van der Waals surface area contributed by atoms with Crippen molar-refractivity contribution in [3.8, 4) is 0 Å². The standard InChI is InChI=1S/C13H18Cl2N2OS.ClH/c1-8(12(18)17-7-13(2,3)16)19-11-6-9(14)4-5-10(11)15;/h4-6,8H,7,16H2,1-3H3,(H,17,18);1H. The van der Waals surface area contributed by atoms with Gasteiger partial charge >= 0.3 is 0 Å². The molecular weight excluding hydrogens is 339 g/mol. The Morgan fingerprint density at radius 3 is 2.60 bits per heavy atom. The van der Waals surface area contributed by atoms with Crippen LogP contribution in [-0.2, 0) is 4.79 Å². The molecule has 0 spiro atoms.